The van der Waals surface area contributed by atoms with Crippen LogP contribution in [-0.2, 0) is 6.54 Å². The Bertz CT molecular complexity index is 265. The third-order valence-electron chi connectivity index (χ3n) is 1.73. The number of thioether (sulfide) groups is 1. The fourth-order valence-electron chi connectivity index (χ4n) is 0.792. The van der Waals surface area contributed by atoms with Crippen LogP contribution in [-0.4, -0.2) is 27.4 Å². The molecule has 0 aromatic carbocycles. The quantitative estimate of drug-likeness (QED) is 0.555. The standard InChI is InChI=1S/C9H15N3OS/c1-7(5-13)6-14-9-11-3-8(2-10)4-12-9/h3-4,7,13H,2,5-6,10H2,1H3. The van der Waals surface area contributed by atoms with Crippen molar-refractivity contribution in [2.45, 2.75) is 18.6 Å². The first-order valence-electron chi connectivity index (χ1n) is 4.51. The molecule has 4 nitrogen and oxygen atoms in total. The Labute approximate surface area is 88.0 Å². The van der Waals surface area contributed by atoms with E-state index >= 15 is 0 Å². The van der Waals surface area contributed by atoms with E-state index in [1.165, 1.54) is 0 Å². The molecule has 1 aromatic heterocycles. The zero-order valence-corrected chi connectivity index (χ0v) is 9.00. The fourth-order valence-corrected chi connectivity index (χ4v) is 1.59. The first-order valence-corrected chi connectivity index (χ1v) is 5.49. The third kappa shape index (κ3) is 3.61. The zero-order chi connectivity index (χ0) is 10.4. The average molecular weight is 213 g/mol. The van der Waals surface area contributed by atoms with Crippen molar-refractivity contribution in [3.8, 4) is 0 Å². The first-order chi connectivity index (χ1) is 6.76. The second-order valence-corrected chi connectivity index (χ2v) is 4.16. The van der Waals surface area contributed by atoms with Crippen LogP contribution in [0.1, 0.15) is 12.5 Å². The van der Waals surface area contributed by atoms with Crippen LogP contribution in [0, 0.1) is 5.92 Å². The third-order valence-corrected chi connectivity index (χ3v) is 2.93. The molecular formula is C9H15N3OS. The molecule has 0 saturated heterocycles. The van der Waals surface area contributed by atoms with Crippen LogP contribution in [0.25, 0.3) is 0 Å². The van der Waals surface area contributed by atoms with Crippen LogP contribution < -0.4 is 5.73 Å². The van der Waals surface area contributed by atoms with E-state index in [1.807, 2.05) is 6.92 Å². The molecule has 5 heteroatoms. The Hall–Kier alpha value is -0.650. The summed E-state index contributed by atoms with van der Waals surface area (Å²) in [7, 11) is 0. The number of nitrogens with zero attached hydrogens (tertiary/aromatic N) is 2. The monoisotopic (exact) mass is 213 g/mol. The summed E-state index contributed by atoms with van der Waals surface area (Å²) in [6, 6.07) is 0. The Morgan fingerprint density at radius 2 is 2.14 bits per heavy atom. The topological polar surface area (TPSA) is 72.0 Å². The lowest BCUT2D eigenvalue weighted by atomic mass is 10.2. The molecule has 0 fully saturated rings. The summed E-state index contributed by atoms with van der Waals surface area (Å²) < 4.78 is 0. The van der Waals surface area contributed by atoms with Gasteiger partial charge in [-0.15, -0.1) is 0 Å². The average Bonchev–Trinajstić information content (AvgIpc) is 2.26. The summed E-state index contributed by atoms with van der Waals surface area (Å²) in [4.78, 5) is 8.29. The van der Waals surface area contributed by atoms with Gasteiger partial charge in [-0.25, -0.2) is 9.97 Å². The molecule has 0 spiro atoms. The molecule has 3 N–H and O–H groups in total. The smallest absolute Gasteiger partial charge is 0.187 e. The van der Waals surface area contributed by atoms with Crippen LogP contribution in [0.4, 0.5) is 0 Å². The van der Waals surface area contributed by atoms with Crippen molar-refractivity contribution in [1.82, 2.24) is 9.97 Å². The minimum Gasteiger partial charge on any atom is -0.396 e. The molecule has 14 heavy (non-hydrogen) atoms. The molecule has 1 rings (SSSR count). The summed E-state index contributed by atoms with van der Waals surface area (Å²) in [5.74, 6) is 1.11. The minimum atomic E-state index is 0.202. The summed E-state index contributed by atoms with van der Waals surface area (Å²) in [6.45, 7) is 2.66. The minimum absolute atomic E-state index is 0.202. The highest BCUT2D eigenvalue weighted by Crippen LogP contribution is 2.15. The summed E-state index contributed by atoms with van der Waals surface area (Å²) in [6.07, 6.45) is 3.47. The highest BCUT2D eigenvalue weighted by Gasteiger charge is 2.03. The van der Waals surface area contributed by atoms with Gasteiger partial charge in [-0.05, 0) is 5.92 Å². The highest BCUT2D eigenvalue weighted by molar-refractivity contribution is 7.99. The van der Waals surface area contributed by atoms with E-state index in [0.717, 1.165) is 16.5 Å². The normalized spacial score (nSPS) is 12.8. The van der Waals surface area contributed by atoms with Crippen LogP contribution >= 0.6 is 11.8 Å². The summed E-state index contributed by atoms with van der Waals surface area (Å²) in [5, 5.41) is 9.56. The molecule has 0 bridgehead atoms. The van der Waals surface area contributed by atoms with E-state index in [2.05, 4.69) is 9.97 Å². The molecule has 78 valence electrons. The summed E-state index contributed by atoms with van der Waals surface area (Å²) in [5.41, 5.74) is 6.36. The number of rotatable bonds is 5. The highest BCUT2D eigenvalue weighted by atomic mass is 32.2. The molecular weight excluding hydrogens is 198 g/mol. The van der Waals surface area contributed by atoms with Gasteiger partial charge >= 0.3 is 0 Å². The van der Waals surface area contributed by atoms with Gasteiger partial charge in [-0.3, -0.25) is 0 Å². The van der Waals surface area contributed by atoms with Crippen molar-refractivity contribution in [2.24, 2.45) is 11.7 Å². The van der Waals surface area contributed by atoms with E-state index in [9.17, 15) is 0 Å². The van der Waals surface area contributed by atoms with Crippen molar-refractivity contribution >= 4 is 11.8 Å². The maximum absolute atomic E-state index is 8.82. The van der Waals surface area contributed by atoms with Crippen LogP contribution in [0.3, 0.4) is 0 Å². The molecule has 1 heterocycles. The van der Waals surface area contributed by atoms with E-state index in [1.54, 1.807) is 24.2 Å². The lowest BCUT2D eigenvalue weighted by Gasteiger charge is -2.05. The van der Waals surface area contributed by atoms with Gasteiger partial charge in [0.2, 0.25) is 0 Å². The largest absolute Gasteiger partial charge is 0.396 e. The molecule has 1 atom stereocenters. The maximum atomic E-state index is 8.82. The molecule has 0 aliphatic carbocycles. The molecule has 0 aliphatic heterocycles. The second-order valence-electron chi connectivity index (χ2n) is 3.18. The van der Waals surface area contributed by atoms with Gasteiger partial charge in [-0.2, -0.15) is 0 Å². The van der Waals surface area contributed by atoms with Gasteiger partial charge in [0.1, 0.15) is 0 Å². The first kappa shape index (κ1) is 11.4. The summed E-state index contributed by atoms with van der Waals surface area (Å²) >= 11 is 1.55. The van der Waals surface area contributed by atoms with E-state index in [-0.39, 0.29) is 12.5 Å². The Kier molecular flexibility index (Phi) is 4.86. The van der Waals surface area contributed by atoms with Gasteiger partial charge in [0.15, 0.2) is 5.16 Å². The van der Waals surface area contributed by atoms with Gasteiger partial charge < -0.3 is 10.8 Å². The SMILES string of the molecule is CC(CO)CSc1ncc(CN)cn1. The molecule has 1 unspecified atom stereocenters. The Morgan fingerprint density at radius 1 is 1.50 bits per heavy atom. The number of hydrogen-bond donors (Lipinski definition) is 2. The second kappa shape index (κ2) is 5.95. The van der Waals surface area contributed by atoms with E-state index < -0.39 is 0 Å². The molecule has 0 aliphatic rings. The zero-order valence-electron chi connectivity index (χ0n) is 8.18. The van der Waals surface area contributed by atoms with Crippen molar-refractivity contribution in [1.29, 1.82) is 0 Å². The van der Waals surface area contributed by atoms with Crippen molar-refractivity contribution in [2.75, 3.05) is 12.4 Å². The van der Waals surface area contributed by atoms with Gasteiger partial charge in [-0.1, -0.05) is 18.7 Å². The van der Waals surface area contributed by atoms with Crippen molar-refractivity contribution < 1.29 is 5.11 Å². The Morgan fingerprint density at radius 3 is 2.64 bits per heavy atom. The molecule has 1 aromatic rings. The fraction of sp³-hybridized carbons (Fsp3) is 0.556. The van der Waals surface area contributed by atoms with E-state index in [0.29, 0.717) is 6.54 Å². The van der Waals surface area contributed by atoms with Gasteiger partial charge in [0.05, 0.1) is 0 Å². The van der Waals surface area contributed by atoms with Gasteiger partial charge in [0.25, 0.3) is 0 Å². The predicted molar refractivity (Wildman–Crippen MR) is 56.9 cm³/mol. The van der Waals surface area contributed by atoms with Crippen molar-refractivity contribution in [3.63, 3.8) is 0 Å². The number of aromatic nitrogens is 2. The van der Waals surface area contributed by atoms with E-state index in [4.69, 9.17) is 10.8 Å². The number of aliphatic hydroxyl groups excluding tert-OH is 1. The van der Waals surface area contributed by atoms with Gasteiger partial charge in [0, 0.05) is 36.9 Å². The maximum Gasteiger partial charge on any atom is 0.187 e. The lowest BCUT2D eigenvalue weighted by molar-refractivity contribution is 0.250. The lowest BCUT2D eigenvalue weighted by Crippen LogP contribution is -2.04. The van der Waals surface area contributed by atoms with Crippen LogP contribution in [0.2, 0.25) is 0 Å². The van der Waals surface area contributed by atoms with Crippen LogP contribution in [0.15, 0.2) is 17.6 Å². The molecule has 0 amide bonds. The predicted octanol–water partition coefficient (Wildman–Crippen LogP) is 0.656. The number of hydrogen-bond acceptors (Lipinski definition) is 5. The van der Waals surface area contributed by atoms with Crippen LogP contribution in [0.5, 0.6) is 0 Å². The Balaban J connectivity index is 2.43. The number of aliphatic hydroxyl groups is 1. The molecule has 0 radical (unpaired) electrons. The number of nitrogens with two attached hydrogens (primary N) is 1. The van der Waals surface area contributed by atoms with Crippen molar-refractivity contribution in [3.05, 3.63) is 18.0 Å². The molecule has 0 saturated carbocycles.